The van der Waals surface area contributed by atoms with Crippen LogP contribution in [0.4, 0.5) is 0 Å². The molecule has 1 aromatic rings. The maximum absolute atomic E-state index is 11.8. The molecule has 0 aliphatic rings. The van der Waals surface area contributed by atoms with E-state index in [9.17, 15) is 9.59 Å². The summed E-state index contributed by atoms with van der Waals surface area (Å²) in [4.78, 5) is 23.3. The molecule has 5 heteroatoms. The summed E-state index contributed by atoms with van der Waals surface area (Å²) < 4.78 is 11.4. The third-order valence-electron chi connectivity index (χ3n) is 3.40. The first kappa shape index (κ1) is 19.7. The third kappa shape index (κ3) is 8.74. The van der Waals surface area contributed by atoms with Crippen LogP contribution in [-0.4, -0.2) is 18.5 Å². The van der Waals surface area contributed by atoms with Crippen LogP contribution in [-0.2, 0) is 19.1 Å². The van der Waals surface area contributed by atoms with Crippen LogP contribution in [0.1, 0.15) is 64.0 Å². The lowest BCUT2D eigenvalue weighted by atomic mass is 10.1. The molecule has 0 amide bonds. The summed E-state index contributed by atoms with van der Waals surface area (Å²) in [5, 5.41) is 0. The molecule has 0 aliphatic heterocycles. The van der Waals surface area contributed by atoms with Crippen LogP contribution < -0.4 is 0 Å². The van der Waals surface area contributed by atoms with Gasteiger partial charge >= 0.3 is 11.9 Å². The Balaban J connectivity index is 2.20. The van der Waals surface area contributed by atoms with E-state index < -0.39 is 0 Å². The van der Waals surface area contributed by atoms with Crippen molar-refractivity contribution in [1.29, 1.82) is 0 Å². The number of unbranched alkanes of at least 4 members (excludes halogenated alkanes) is 2. The van der Waals surface area contributed by atoms with E-state index in [1.54, 1.807) is 0 Å². The molecular weight excluding hydrogens is 360 g/mol. The van der Waals surface area contributed by atoms with Crippen molar-refractivity contribution in [3.63, 3.8) is 0 Å². The predicted molar refractivity (Wildman–Crippen MR) is 93.0 cm³/mol. The average Bonchev–Trinajstić information content (AvgIpc) is 2.51. The van der Waals surface area contributed by atoms with Crippen molar-refractivity contribution in [2.45, 2.75) is 58.5 Å². The molecule has 0 bridgehead atoms. The second-order valence-corrected chi connectivity index (χ2v) is 6.38. The zero-order valence-electron chi connectivity index (χ0n) is 13.8. The van der Waals surface area contributed by atoms with E-state index >= 15 is 0 Å². The number of halogens is 1. The van der Waals surface area contributed by atoms with Crippen LogP contribution in [0.2, 0.25) is 0 Å². The maximum atomic E-state index is 11.8. The summed E-state index contributed by atoms with van der Waals surface area (Å²) in [6.45, 7) is 4.40. The van der Waals surface area contributed by atoms with Gasteiger partial charge in [-0.05, 0) is 37.5 Å². The third-order valence-corrected chi connectivity index (χ3v) is 3.89. The van der Waals surface area contributed by atoms with Crippen molar-refractivity contribution in [3.8, 4) is 0 Å². The zero-order valence-corrected chi connectivity index (χ0v) is 15.4. The molecule has 1 unspecified atom stereocenters. The van der Waals surface area contributed by atoms with Crippen LogP contribution >= 0.6 is 15.9 Å². The minimum atomic E-state index is -0.305. The molecule has 0 aliphatic carbocycles. The van der Waals surface area contributed by atoms with E-state index in [2.05, 4.69) is 22.9 Å². The van der Waals surface area contributed by atoms with Gasteiger partial charge in [-0.15, -0.1) is 0 Å². The number of hydrogen-bond donors (Lipinski definition) is 0. The predicted octanol–water partition coefficient (Wildman–Crippen LogP) is 4.96. The fourth-order valence-corrected chi connectivity index (χ4v) is 2.49. The lowest BCUT2D eigenvalue weighted by Crippen LogP contribution is -2.10. The molecule has 0 aromatic heterocycles. The summed E-state index contributed by atoms with van der Waals surface area (Å²) in [6.07, 6.45) is 3.69. The minimum absolute atomic E-state index is 0.225. The monoisotopic (exact) mass is 384 g/mol. The molecule has 0 N–H and O–H groups in total. The van der Waals surface area contributed by atoms with Gasteiger partial charge in [0.05, 0.1) is 6.61 Å². The molecule has 1 atom stereocenters. The lowest BCUT2D eigenvalue weighted by molar-refractivity contribution is -0.149. The van der Waals surface area contributed by atoms with Gasteiger partial charge in [-0.3, -0.25) is 9.59 Å². The summed E-state index contributed by atoms with van der Waals surface area (Å²) >= 11 is 3.39. The Hall–Kier alpha value is -1.36. The number of benzene rings is 1. The quantitative estimate of drug-likeness (QED) is 0.422. The van der Waals surface area contributed by atoms with Crippen LogP contribution in [0.5, 0.6) is 0 Å². The van der Waals surface area contributed by atoms with E-state index in [4.69, 9.17) is 9.47 Å². The molecule has 4 nitrogen and oxygen atoms in total. The van der Waals surface area contributed by atoms with Gasteiger partial charge < -0.3 is 9.47 Å². The lowest BCUT2D eigenvalue weighted by Gasteiger charge is -2.13. The molecule has 1 rings (SSSR count). The summed E-state index contributed by atoms with van der Waals surface area (Å²) in [5.41, 5.74) is 0.933. The largest absolute Gasteiger partial charge is 0.466 e. The zero-order chi connectivity index (χ0) is 17.1. The first-order chi connectivity index (χ1) is 11.0. The highest BCUT2D eigenvalue weighted by Gasteiger charge is 2.13. The Morgan fingerprint density at radius 2 is 1.87 bits per heavy atom. The number of hydrogen-bond acceptors (Lipinski definition) is 4. The first-order valence-corrected chi connectivity index (χ1v) is 8.92. The van der Waals surface area contributed by atoms with Crippen LogP contribution in [0.15, 0.2) is 28.7 Å². The SMILES string of the molecule is CCCCCOC(=O)CCCC(=O)OC(C)c1cccc(Br)c1. The summed E-state index contributed by atoms with van der Waals surface area (Å²) in [7, 11) is 0. The van der Waals surface area contributed by atoms with Gasteiger partial charge in [-0.25, -0.2) is 0 Å². The molecular formula is C18H25BrO4. The van der Waals surface area contributed by atoms with E-state index in [1.165, 1.54) is 0 Å². The van der Waals surface area contributed by atoms with E-state index in [0.29, 0.717) is 13.0 Å². The normalized spacial score (nSPS) is 11.8. The van der Waals surface area contributed by atoms with Crippen molar-refractivity contribution in [3.05, 3.63) is 34.3 Å². The smallest absolute Gasteiger partial charge is 0.306 e. The first-order valence-electron chi connectivity index (χ1n) is 8.13. The highest BCUT2D eigenvalue weighted by atomic mass is 79.9. The van der Waals surface area contributed by atoms with Crippen molar-refractivity contribution in [2.75, 3.05) is 6.61 Å². The molecule has 0 saturated heterocycles. The molecule has 0 spiro atoms. The fourth-order valence-electron chi connectivity index (χ4n) is 2.07. The van der Waals surface area contributed by atoms with Crippen molar-refractivity contribution < 1.29 is 19.1 Å². The Morgan fingerprint density at radius 3 is 2.57 bits per heavy atom. The Bertz CT molecular complexity index is 502. The second-order valence-electron chi connectivity index (χ2n) is 5.47. The topological polar surface area (TPSA) is 52.6 Å². The van der Waals surface area contributed by atoms with Gasteiger partial charge in [0.25, 0.3) is 0 Å². The Morgan fingerprint density at radius 1 is 1.13 bits per heavy atom. The Kier molecular flexibility index (Phi) is 9.60. The van der Waals surface area contributed by atoms with Crippen LogP contribution in [0.25, 0.3) is 0 Å². The van der Waals surface area contributed by atoms with Gasteiger partial charge in [0, 0.05) is 17.3 Å². The molecule has 0 saturated carbocycles. The number of esters is 2. The average molecular weight is 385 g/mol. The van der Waals surface area contributed by atoms with E-state index in [-0.39, 0.29) is 30.9 Å². The molecule has 23 heavy (non-hydrogen) atoms. The van der Waals surface area contributed by atoms with Gasteiger partial charge in [0.15, 0.2) is 0 Å². The highest BCUT2D eigenvalue weighted by molar-refractivity contribution is 9.10. The van der Waals surface area contributed by atoms with Gasteiger partial charge in [0.1, 0.15) is 6.10 Å². The highest BCUT2D eigenvalue weighted by Crippen LogP contribution is 2.21. The maximum Gasteiger partial charge on any atom is 0.306 e. The van der Waals surface area contributed by atoms with Crippen molar-refractivity contribution in [2.24, 2.45) is 0 Å². The molecule has 128 valence electrons. The van der Waals surface area contributed by atoms with E-state index in [1.807, 2.05) is 31.2 Å². The molecule has 0 radical (unpaired) electrons. The van der Waals surface area contributed by atoms with Crippen LogP contribution in [0, 0.1) is 0 Å². The second kappa shape index (κ2) is 11.2. The van der Waals surface area contributed by atoms with E-state index in [0.717, 1.165) is 29.3 Å². The molecule has 0 heterocycles. The standard InChI is InChI=1S/C18H25BrO4/c1-3-4-5-12-22-17(20)10-7-11-18(21)23-14(2)15-8-6-9-16(19)13-15/h6,8-9,13-14H,3-5,7,10-12H2,1-2H3. The fraction of sp³-hybridized carbons (Fsp3) is 0.556. The van der Waals surface area contributed by atoms with Crippen LogP contribution in [0.3, 0.4) is 0 Å². The van der Waals surface area contributed by atoms with Crippen molar-refractivity contribution >= 4 is 27.9 Å². The number of rotatable bonds is 10. The number of carbonyl (C=O) groups excluding carboxylic acids is 2. The molecule has 1 aromatic carbocycles. The van der Waals surface area contributed by atoms with Crippen molar-refractivity contribution in [1.82, 2.24) is 0 Å². The molecule has 0 fully saturated rings. The van der Waals surface area contributed by atoms with Gasteiger partial charge in [0.2, 0.25) is 0 Å². The minimum Gasteiger partial charge on any atom is -0.466 e. The Labute approximate surface area is 146 Å². The summed E-state index contributed by atoms with van der Waals surface area (Å²) in [6, 6.07) is 7.66. The van der Waals surface area contributed by atoms with Gasteiger partial charge in [-0.2, -0.15) is 0 Å². The number of ether oxygens (including phenoxy) is 2. The number of carbonyl (C=O) groups is 2. The van der Waals surface area contributed by atoms with Gasteiger partial charge in [-0.1, -0.05) is 47.8 Å². The summed E-state index contributed by atoms with van der Waals surface area (Å²) in [5.74, 6) is -0.537.